The van der Waals surface area contributed by atoms with Crippen molar-refractivity contribution in [3.63, 3.8) is 0 Å². The van der Waals surface area contributed by atoms with Gasteiger partial charge in [-0.25, -0.2) is 19.0 Å². The van der Waals surface area contributed by atoms with E-state index in [1.807, 2.05) is 0 Å². The van der Waals surface area contributed by atoms with E-state index < -0.39 is 22.0 Å². The summed E-state index contributed by atoms with van der Waals surface area (Å²) >= 11 is 0. The second-order valence-electron chi connectivity index (χ2n) is 6.22. The third kappa shape index (κ3) is 4.72. The third-order valence-electron chi connectivity index (χ3n) is 4.27. The summed E-state index contributed by atoms with van der Waals surface area (Å²) in [5.41, 5.74) is 6.41. The number of hydrazine groups is 1. The van der Waals surface area contributed by atoms with Crippen LogP contribution in [0.1, 0.15) is 27.5 Å². The van der Waals surface area contributed by atoms with Crippen LogP contribution in [0.25, 0.3) is 0 Å². The van der Waals surface area contributed by atoms with Gasteiger partial charge in [0.1, 0.15) is 11.5 Å². The Kier molecular flexibility index (Phi) is 5.83. The van der Waals surface area contributed by atoms with Crippen LogP contribution in [0.2, 0.25) is 0 Å². The van der Waals surface area contributed by atoms with E-state index in [0.29, 0.717) is 11.1 Å². The second-order valence-corrected chi connectivity index (χ2v) is 7.78. The number of primary sulfonamides is 1. The minimum atomic E-state index is -3.86. The molecule has 6 N–H and O–H groups in total. The summed E-state index contributed by atoms with van der Waals surface area (Å²) in [6, 6.07) is 17.4. The molecule has 3 rings (SSSR count). The minimum Gasteiger partial charge on any atom is -0.508 e. The van der Waals surface area contributed by atoms with Gasteiger partial charge in [-0.05, 0) is 36.4 Å². The third-order valence-corrected chi connectivity index (χ3v) is 5.20. The molecule has 0 aliphatic carbocycles. The van der Waals surface area contributed by atoms with Crippen LogP contribution in [0.5, 0.6) is 11.5 Å². The van der Waals surface area contributed by atoms with Crippen LogP contribution in [0, 0.1) is 0 Å². The summed E-state index contributed by atoms with van der Waals surface area (Å²) < 4.78 is 22.6. The number of aromatic hydroxyl groups is 2. The minimum absolute atomic E-state index is 0.0139. The van der Waals surface area contributed by atoms with Crippen molar-refractivity contribution in [2.75, 3.05) is 0 Å². The molecule has 0 bridgehead atoms. The van der Waals surface area contributed by atoms with Crippen molar-refractivity contribution in [2.45, 2.75) is 10.9 Å². The van der Waals surface area contributed by atoms with Crippen molar-refractivity contribution in [3.8, 4) is 11.5 Å². The number of phenolic OH excluding ortho intramolecular Hbond substituents is 2. The zero-order valence-corrected chi connectivity index (χ0v) is 15.9. The maximum absolute atomic E-state index is 12.5. The summed E-state index contributed by atoms with van der Waals surface area (Å²) in [6.07, 6.45) is 0. The molecule has 0 aliphatic rings. The molecule has 0 radical (unpaired) electrons. The molecular formula is C20H19N3O5S. The molecule has 0 spiro atoms. The van der Waals surface area contributed by atoms with Gasteiger partial charge in [-0.3, -0.25) is 10.2 Å². The van der Waals surface area contributed by atoms with Crippen LogP contribution >= 0.6 is 0 Å². The number of nitrogens with two attached hydrogens (primary N) is 1. The van der Waals surface area contributed by atoms with Crippen LogP contribution in [-0.2, 0) is 10.0 Å². The number of amides is 1. The maximum Gasteiger partial charge on any atom is 0.265 e. The Hall–Kier alpha value is -3.40. The average molecular weight is 413 g/mol. The number of carbonyl (C=O) groups excluding carboxylic acids is 1. The normalized spacial score (nSPS) is 11.4. The van der Waals surface area contributed by atoms with Crippen molar-refractivity contribution in [3.05, 3.63) is 89.5 Å². The van der Waals surface area contributed by atoms with Crippen LogP contribution in [0.15, 0.2) is 77.7 Å². The number of nitrogens with one attached hydrogen (secondary N) is 2. The lowest BCUT2D eigenvalue weighted by Gasteiger charge is -2.22. The molecule has 0 heterocycles. The number of phenols is 2. The number of hydrogen-bond donors (Lipinski definition) is 5. The van der Waals surface area contributed by atoms with Crippen molar-refractivity contribution >= 4 is 15.9 Å². The summed E-state index contributed by atoms with van der Waals surface area (Å²) in [7, 11) is -3.86. The van der Waals surface area contributed by atoms with Gasteiger partial charge in [0.05, 0.1) is 10.9 Å². The Morgan fingerprint density at radius 1 is 0.828 bits per heavy atom. The largest absolute Gasteiger partial charge is 0.508 e. The van der Waals surface area contributed by atoms with Crippen molar-refractivity contribution < 1.29 is 23.4 Å². The summed E-state index contributed by atoms with van der Waals surface area (Å²) in [5.74, 6) is -0.568. The zero-order chi connectivity index (χ0) is 21.0. The quantitative estimate of drug-likeness (QED) is 0.390. The molecule has 29 heavy (non-hydrogen) atoms. The molecule has 1 amide bonds. The predicted molar refractivity (Wildman–Crippen MR) is 106 cm³/mol. The van der Waals surface area contributed by atoms with Gasteiger partial charge < -0.3 is 10.2 Å². The number of carbonyl (C=O) groups is 1. The fourth-order valence-corrected chi connectivity index (χ4v) is 3.31. The molecular weight excluding hydrogens is 394 g/mol. The lowest BCUT2D eigenvalue weighted by molar-refractivity contribution is 0.0927. The number of sulfonamides is 1. The Morgan fingerprint density at radius 3 is 1.76 bits per heavy atom. The van der Waals surface area contributed by atoms with E-state index in [1.165, 1.54) is 36.4 Å². The predicted octanol–water partition coefficient (Wildman–Crippen LogP) is 1.77. The second kappa shape index (κ2) is 8.31. The van der Waals surface area contributed by atoms with Gasteiger partial charge in [-0.2, -0.15) is 0 Å². The Balaban J connectivity index is 1.85. The van der Waals surface area contributed by atoms with E-state index in [2.05, 4.69) is 10.9 Å². The van der Waals surface area contributed by atoms with E-state index >= 15 is 0 Å². The highest BCUT2D eigenvalue weighted by atomic mass is 32.2. The number of benzene rings is 3. The lowest BCUT2D eigenvalue weighted by Crippen LogP contribution is -2.40. The van der Waals surface area contributed by atoms with Crippen LogP contribution in [0.4, 0.5) is 0 Å². The van der Waals surface area contributed by atoms with Crippen LogP contribution in [-0.4, -0.2) is 24.5 Å². The average Bonchev–Trinajstić information content (AvgIpc) is 2.70. The number of hydrogen-bond acceptors (Lipinski definition) is 6. The Morgan fingerprint density at radius 2 is 1.31 bits per heavy atom. The van der Waals surface area contributed by atoms with E-state index in [9.17, 15) is 23.4 Å². The Bertz CT molecular complexity index is 1090. The highest BCUT2D eigenvalue weighted by molar-refractivity contribution is 7.89. The molecule has 0 saturated carbocycles. The van der Waals surface area contributed by atoms with Gasteiger partial charge in [-0.15, -0.1) is 0 Å². The van der Waals surface area contributed by atoms with Crippen LogP contribution in [0.3, 0.4) is 0 Å². The van der Waals surface area contributed by atoms with Crippen LogP contribution < -0.4 is 16.0 Å². The fraction of sp³-hybridized carbons (Fsp3) is 0.0500. The van der Waals surface area contributed by atoms with Crippen molar-refractivity contribution in [1.82, 2.24) is 10.9 Å². The van der Waals surface area contributed by atoms with Gasteiger partial charge in [-0.1, -0.05) is 36.4 Å². The highest BCUT2D eigenvalue weighted by Gasteiger charge is 2.21. The monoisotopic (exact) mass is 413 g/mol. The molecule has 150 valence electrons. The number of rotatable bonds is 6. The first kappa shape index (κ1) is 20.3. The summed E-state index contributed by atoms with van der Waals surface area (Å²) in [5, 5.41) is 25.5. The maximum atomic E-state index is 12.5. The first-order chi connectivity index (χ1) is 13.8. The first-order valence-corrected chi connectivity index (χ1v) is 10.1. The van der Waals surface area contributed by atoms with Gasteiger partial charge in [0.15, 0.2) is 0 Å². The summed E-state index contributed by atoms with van der Waals surface area (Å²) in [4.78, 5) is 12.4. The molecule has 0 atom stereocenters. The molecule has 9 heteroatoms. The standard InChI is InChI=1S/C20H19N3O5S/c21-29(27,28)14-11-9-13(10-12-14)20(26)23-22-19(15-5-1-3-7-17(15)24)16-6-2-4-8-18(16)25/h1-12,19,22,24-25H,(H,23,26)(H2,21,27,28). The molecule has 8 nitrogen and oxygen atoms in total. The smallest absolute Gasteiger partial charge is 0.265 e. The fourth-order valence-electron chi connectivity index (χ4n) is 2.79. The van der Waals surface area contributed by atoms with Gasteiger partial charge in [0.2, 0.25) is 10.0 Å². The topological polar surface area (TPSA) is 142 Å². The van der Waals surface area contributed by atoms with Gasteiger partial charge in [0.25, 0.3) is 5.91 Å². The molecule has 3 aromatic carbocycles. The number of para-hydroxylation sites is 2. The SMILES string of the molecule is NS(=O)(=O)c1ccc(C(=O)NNC(c2ccccc2O)c2ccccc2O)cc1. The molecule has 0 unspecified atom stereocenters. The highest BCUT2D eigenvalue weighted by Crippen LogP contribution is 2.33. The van der Waals surface area contributed by atoms with Crippen molar-refractivity contribution in [1.29, 1.82) is 0 Å². The molecule has 0 saturated heterocycles. The molecule has 3 aromatic rings. The van der Waals surface area contributed by atoms with Crippen molar-refractivity contribution in [2.24, 2.45) is 5.14 Å². The van der Waals surface area contributed by atoms with E-state index in [0.717, 1.165) is 0 Å². The zero-order valence-electron chi connectivity index (χ0n) is 15.1. The van der Waals surface area contributed by atoms with Gasteiger partial charge >= 0.3 is 0 Å². The van der Waals surface area contributed by atoms with E-state index in [4.69, 9.17) is 5.14 Å². The molecule has 0 fully saturated rings. The molecule has 0 aromatic heterocycles. The lowest BCUT2D eigenvalue weighted by atomic mass is 9.97. The van der Waals surface area contributed by atoms with Gasteiger partial charge in [0, 0.05) is 16.7 Å². The first-order valence-electron chi connectivity index (χ1n) is 8.52. The summed E-state index contributed by atoms with van der Waals surface area (Å²) in [6.45, 7) is 0. The molecule has 0 aliphatic heterocycles. The Labute approximate surface area is 167 Å². The van der Waals surface area contributed by atoms with E-state index in [1.54, 1.807) is 36.4 Å². The van der Waals surface area contributed by atoms with E-state index in [-0.39, 0.29) is 22.0 Å².